The zero-order valence-corrected chi connectivity index (χ0v) is 13.6. The molecular weight excluding hydrogens is 250 g/mol. The summed E-state index contributed by atoms with van der Waals surface area (Å²) in [6.45, 7) is 8.41. The molecule has 4 nitrogen and oxygen atoms in total. The Kier molecular flexibility index (Phi) is 7.52. The Balaban J connectivity index is 2.58. The van der Waals surface area contributed by atoms with Crippen LogP contribution in [0.1, 0.15) is 65.7 Å². The molecule has 0 spiro atoms. The van der Waals surface area contributed by atoms with Gasteiger partial charge in [0.15, 0.2) is 0 Å². The normalized spacial score (nSPS) is 19.9. The molecule has 1 unspecified atom stereocenters. The molecule has 1 rings (SSSR count). The molecule has 3 N–H and O–H groups in total. The molecule has 1 aliphatic carbocycles. The zero-order chi connectivity index (χ0) is 15.0. The molecule has 20 heavy (non-hydrogen) atoms. The molecule has 118 valence electrons. The second-order valence-corrected chi connectivity index (χ2v) is 6.26. The lowest BCUT2D eigenvalue weighted by molar-refractivity contribution is -0.124. The molecule has 0 aromatic rings. The zero-order valence-electron chi connectivity index (χ0n) is 13.6. The van der Waals surface area contributed by atoms with Crippen molar-refractivity contribution in [2.75, 3.05) is 19.6 Å². The van der Waals surface area contributed by atoms with Gasteiger partial charge in [0, 0.05) is 18.1 Å². The Labute approximate surface area is 124 Å². The topological polar surface area (TPSA) is 58.4 Å². The van der Waals surface area contributed by atoms with Crippen LogP contribution in [-0.4, -0.2) is 42.0 Å². The van der Waals surface area contributed by atoms with Crippen LogP contribution in [0.5, 0.6) is 0 Å². The second kappa shape index (κ2) is 8.63. The molecule has 1 aliphatic rings. The maximum atomic E-state index is 12.2. The van der Waals surface area contributed by atoms with E-state index in [0.29, 0.717) is 13.1 Å². The number of hydrogen-bond acceptors (Lipinski definition) is 3. The predicted octanol–water partition coefficient (Wildman–Crippen LogP) is 2.27. The fraction of sp³-hybridized carbons (Fsp3) is 0.938. The number of hydrogen-bond donors (Lipinski definition) is 2. The molecule has 1 amide bonds. The highest BCUT2D eigenvalue weighted by Gasteiger charge is 2.36. The molecule has 1 saturated carbocycles. The van der Waals surface area contributed by atoms with Gasteiger partial charge in [0.25, 0.3) is 0 Å². The lowest BCUT2D eigenvalue weighted by Gasteiger charge is -2.45. The summed E-state index contributed by atoms with van der Waals surface area (Å²) in [5.74, 6) is 0.145. The highest BCUT2D eigenvalue weighted by atomic mass is 16.2. The number of likely N-dealkylation sites (N-methyl/N-ethyl adjacent to an activating group) is 1. The molecule has 4 heteroatoms. The van der Waals surface area contributed by atoms with Crippen molar-refractivity contribution in [3.63, 3.8) is 0 Å². The highest BCUT2D eigenvalue weighted by molar-refractivity contribution is 5.78. The second-order valence-electron chi connectivity index (χ2n) is 6.26. The van der Waals surface area contributed by atoms with Gasteiger partial charge in [0.05, 0.1) is 6.54 Å². The number of carbonyl (C=O) groups excluding carboxylic acids is 1. The Hall–Kier alpha value is -0.610. The average Bonchev–Trinajstić information content (AvgIpc) is 2.45. The van der Waals surface area contributed by atoms with Crippen LogP contribution in [0, 0.1) is 0 Å². The van der Waals surface area contributed by atoms with Crippen LogP contribution < -0.4 is 11.1 Å². The van der Waals surface area contributed by atoms with Crippen LogP contribution in [0.25, 0.3) is 0 Å². The molecule has 0 aromatic carbocycles. The van der Waals surface area contributed by atoms with Gasteiger partial charge in [-0.05, 0) is 32.7 Å². The van der Waals surface area contributed by atoms with Gasteiger partial charge < -0.3 is 11.1 Å². The summed E-state index contributed by atoms with van der Waals surface area (Å²) in [5, 5.41) is 3.10. The quantitative estimate of drug-likeness (QED) is 0.718. The molecule has 1 fully saturated rings. The summed E-state index contributed by atoms with van der Waals surface area (Å²) in [6.07, 6.45) is 8.19. The van der Waals surface area contributed by atoms with Gasteiger partial charge in [-0.1, -0.05) is 39.5 Å². The standard InChI is InChI=1S/C16H33N3O/c1-4-9-14(3)18-15(20)12-19(5-2)16(13-17)10-7-6-8-11-16/h14H,4-13,17H2,1-3H3,(H,18,20). The lowest BCUT2D eigenvalue weighted by atomic mass is 9.80. The van der Waals surface area contributed by atoms with E-state index in [2.05, 4.69) is 31.0 Å². The third-order valence-electron chi connectivity index (χ3n) is 4.68. The van der Waals surface area contributed by atoms with Crippen LogP contribution in [0.15, 0.2) is 0 Å². The van der Waals surface area contributed by atoms with Gasteiger partial charge in [0.1, 0.15) is 0 Å². The predicted molar refractivity (Wildman–Crippen MR) is 84.6 cm³/mol. The van der Waals surface area contributed by atoms with Gasteiger partial charge in [-0.15, -0.1) is 0 Å². The number of nitrogens with two attached hydrogens (primary N) is 1. The Morgan fingerprint density at radius 1 is 1.30 bits per heavy atom. The van der Waals surface area contributed by atoms with Crippen LogP contribution in [0.3, 0.4) is 0 Å². The van der Waals surface area contributed by atoms with Crippen molar-refractivity contribution in [3.8, 4) is 0 Å². The van der Waals surface area contributed by atoms with Crippen molar-refractivity contribution in [2.45, 2.75) is 77.3 Å². The number of carbonyl (C=O) groups is 1. The first-order valence-electron chi connectivity index (χ1n) is 8.32. The van der Waals surface area contributed by atoms with Gasteiger partial charge in [-0.2, -0.15) is 0 Å². The van der Waals surface area contributed by atoms with Crippen LogP contribution >= 0.6 is 0 Å². The van der Waals surface area contributed by atoms with E-state index in [4.69, 9.17) is 5.73 Å². The molecule has 0 radical (unpaired) electrons. The SMILES string of the molecule is CCCC(C)NC(=O)CN(CC)C1(CN)CCCCC1. The van der Waals surface area contributed by atoms with Crippen molar-refractivity contribution in [1.29, 1.82) is 0 Å². The fourth-order valence-electron chi connectivity index (χ4n) is 3.47. The maximum absolute atomic E-state index is 12.2. The third-order valence-corrected chi connectivity index (χ3v) is 4.68. The maximum Gasteiger partial charge on any atom is 0.234 e. The monoisotopic (exact) mass is 283 g/mol. The molecule has 1 atom stereocenters. The first-order valence-corrected chi connectivity index (χ1v) is 8.32. The third kappa shape index (κ3) is 4.74. The number of nitrogens with one attached hydrogen (secondary N) is 1. The molecule has 0 aliphatic heterocycles. The smallest absolute Gasteiger partial charge is 0.234 e. The van der Waals surface area contributed by atoms with Crippen LogP contribution in [0.2, 0.25) is 0 Å². The fourth-order valence-corrected chi connectivity index (χ4v) is 3.47. The summed E-state index contributed by atoms with van der Waals surface area (Å²) in [6, 6.07) is 0.270. The van der Waals surface area contributed by atoms with Crippen LogP contribution in [-0.2, 0) is 4.79 Å². The number of amides is 1. The van der Waals surface area contributed by atoms with E-state index < -0.39 is 0 Å². The Morgan fingerprint density at radius 2 is 1.95 bits per heavy atom. The summed E-state index contributed by atoms with van der Waals surface area (Å²) in [4.78, 5) is 14.5. The minimum absolute atomic E-state index is 0.0539. The summed E-state index contributed by atoms with van der Waals surface area (Å²) in [7, 11) is 0. The van der Waals surface area contributed by atoms with Gasteiger partial charge in [-0.25, -0.2) is 0 Å². The van der Waals surface area contributed by atoms with E-state index in [1.165, 1.54) is 19.3 Å². The molecule has 0 saturated heterocycles. The van der Waals surface area contributed by atoms with Crippen molar-refractivity contribution in [2.24, 2.45) is 5.73 Å². The van der Waals surface area contributed by atoms with E-state index in [9.17, 15) is 4.79 Å². The Morgan fingerprint density at radius 3 is 2.45 bits per heavy atom. The van der Waals surface area contributed by atoms with Gasteiger partial charge in [-0.3, -0.25) is 9.69 Å². The van der Waals surface area contributed by atoms with E-state index in [1.807, 2.05) is 0 Å². The minimum atomic E-state index is 0.0539. The van der Waals surface area contributed by atoms with Crippen molar-refractivity contribution >= 4 is 5.91 Å². The molecule has 0 bridgehead atoms. The van der Waals surface area contributed by atoms with Crippen molar-refractivity contribution in [1.82, 2.24) is 10.2 Å². The molecule has 0 heterocycles. The summed E-state index contributed by atoms with van der Waals surface area (Å²) in [5.41, 5.74) is 6.12. The minimum Gasteiger partial charge on any atom is -0.353 e. The highest BCUT2D eigenvalue weighted by Crippen LogP contribution is 2.32. The van der Waals surface area contributed by atoms with Gasteiger partial charge >= 0.3 is 0 Å². The van der Waals surface area contributed by atoms with E-state index in [1.54, 1.807) is 0 Å². The lowest BCUT2D eigenvalue weighted by Crippen LogP contribution is -2.57. The van der Waals surface area contributed by atoms with E-state index in [0.717, 1.165) is 32.2 Å². The van der Waals surface area contributed by atoms with Crippen molar-refractivity contribution < 1.29 is 4.79 Å². The number of nitrogens with zero attached hydrogens (tertiary/aromatic N) is 1. The summed E-state index contributed by atoms with van der Waals surface area (Å²) >= 11 is 0. The van der Waals surface area contributed by atoms with Crippen molar-refractivity contribution in [3.05, 3.63) is 0 Å². The average molecular weight is 283 g/mol. The first-order chi connectivity index (χ1) is 9.57. The van der Waals surface area contributed by atoms with E-state index >= 15 is 0 Å². The molecule has 0 aromatic heterocycles. The van der Waals surface area contributed by atoms with Gasteiger partial charge in [0.2, 0.25) is 5.91 Å². The molecular formula is C16H33N3O. The summed E-state index contributed by atoms with van der Waals surface area (Å²) < 4.78 is 0. The Bertz CT molecular complexity index is 287. The first kappa shape index (κ1) is 17.4. The largest absolute Gasteiger partial charge is 0.353 e. The number of rotatable bonds is 8. The van der Waals surface area contributed by atoms with Crippen LogP contribution in [0.4, 0.5) is 0 Å². The van der Waals surface area contributed by atoms with E-state index in [-0.39, 0.29) is 17.5 Å².